The van der Waals surface area contributed by atoms with Crippen molar-refractivity contribution < 1.29 is 9.84 Å². The molecule has 0 spiro atoms. The maximum Gasteiger partial charge on any atom is 0.120 e. The molecule has 3 nitrogen and oxygen atoms in total. The van der Waals surface area contributed by atoms with Crippen LogP contribution in [0.1, 0.15) is 19.0 Å². The second kappa shape index (κ2) is 4.58. The Balaban J connectivity index is 2.38. The molecule has 1 heterocycles. The largest absolute Gasteiger partial charge is 0.494 e. The minimum Gasteiger partial charge on any atom is -0.494 e. The number of aromatic nitrogens is 1. The first-order chi connectivity index (χ1) is 7.76. The molecule has 2 rings (SSSR count). The van der Waals surface area contributed by atoms with Crippen LogP contribution in [0.4, 0.5) is 0 Å². The van der Waals surface area contributed by atoms with Gasteiger partial charge in [0.2, 0.25) is 0 Å². The molecule has 0 saturated heterocycles. The lowest BCUT2D eigenvalue weighted by atomic mass is 10.2. The number of aryl methyl sites for hydroxylation is 1. The van der Waals surface area contributed by atoms with Gasteiger partial charge >= 0.3 is 0 Å². The predicted molar refractivity (Wildman–Crippen MR) is 64.6 cm³/mol. The zero-order valence-electron chi connectivity index (χ0n) is 9.73. The monoisotopic (exact) mass is 219 g/mol. The first kappa shape index (κ1) is 11.0. The number of rotatable bonds is 4. The molecule has 1 aromatic carbocycles. The Kier molecular flexibility index (Phi) is 3.15. The third kappa shape index (κ3) is 1.91. The summed E-state index contributed by atoms with van der Waals surface area (Å²) in [6.07, 6.45) is 1.01. The number of benzene rings is 1. The van der Waals surface area contributed by atoms with E-state index in [9.17, 15) is 5.11 Å². The quantitative estimate of drug-likeness (QED) is 0.857. The van der Waals surface area contributed by atoms with Crippen molar-refractivity contribution in [3.63, 3.8) is 0 Å². The molecule has 0 aliphatic heterocycles. The van der Waals surface area contributed by atoms with E-state index in [0.717, 1.165) is 35.4 Å². The highest BCUT2D eigenvalue weighted by molar-refractivity contribution is 5.82. The lowest BCUT2D eigenvalue weighted by molar-refractivity contribution is 0.273. The summed E-state index contributed by atoms with van der Waals surface area (Å²) in [6.45, 7) is 2.90. The van der Waals surface area contributed by atoms with E-state index < -0.39 is 0 Å². The van der Waals surface area contributed by atoms with Crippen LogP contribution in [0.5, 0.6) is 5.75 Å². The van der Waals surface area contributed by atoms with Gasteiger partial charge in [0, 0.05) is 23.6 Å². The molecule has 1 N–H and O–H groups in total. The molecule has 0 saturated carbocycles. The summed E-state index contributed by atoms with van der Waals surface area (Å²) in [7, 11) is 1.96. The summed E-state index contributed by atoms with van der Waals surface area (Å²) in [5, 5.41) is 10.3. The van der Waals surface area contributed by atoms with Crippen LogP contribution in [0.3, 0.4) is 0 Å². The lowest BCUT2D eigenvalue weighted by Crippen LogP contribution is -1.95. The molecule has 0 radical (unpaired) electrons. The molecule has 3 heteroatoms. The zero-order chi connectivity index (χ0) is 11.5. The minimum absolute atomic E-state index is 0.0658. The Labute approximate surface area is 95.3 Å². The summed E-state index contributed by atoms with van der Waals surface area (Å²) in [4.78, 5) is 0. The fourth-order valence-electron chi connectivity index (χ4n) is 1.85. The van der Waals surface area contributed by atoms with Crippen molar-refractivity contribution in [1.82, 2.24) is 4.57 Å². The number of ether oxygens (including phenoxy) is 1. The van der Waals surface area contributed by atoms with Crippen molar-refractivity contribution in [3.8, 4) is 5.75 Å². The molecule has 0 aliphatic rings. The third-order valence-electron chi connectivity index (χ3n) is 2.75. The number of aliphatic hydroxyl groups excluding tert-OH is 1. The van der Waals surface area contributed by atoms with E-state index in [1.165, 1.54) is 0 Å². The number of aliphatic hydroxyl groups is 1. The van der Waals surface area contributed by atoms with Crippen LogP contribution in [0.25, 0.3) is 10.9 Å². The Morgan fingerprint density at radius 3 is 2.81 bits per heavy atom. The minimum atomic E-state index is 0.0658. The SMILES string of the molecule is CCCOc1ccc2c(c1)cc(CO)n2C. The number of hydrogen-bond donors (Lipinski definition) is 1. The third-order valence-corrected chi connectivity index (χ3v) is 2.75. The lowest BCUT2D eigenvalue weighted by Gasteiger charge is -2.04. The van der Waals surface area contributed by atoms with Gasteiger partial charge in [-0.3, -0.25) is 0 Å². The smallest absolute Gasteiger partial charge is 0.120 e. The van der Waals surface area contributed by atoms with Gasteiger partial charge in [-0.1, -0.05) is 6.92 Å². The summed E-state index contributed by atoms with van der Waals surface area (Å²) >= 11 is 0. The highest BCUT2D eigenvalue weighted by Crippen LogP contribution is 2.24. The highest BCUT2D eigenvalue weighted by Gasteiger charge is 2.05. The van der Waals surface area contributed by atoms with Gasteiger partial charge in [0.25, 0.3) is 0 Å². The standard InChI is InChI=1S/C13H17NO2/c1-3-6-16-12-4-5-13-10(8-12)7-11(9-15)14(13)2/h4-5,7-8,15H,3,6,9H2,1-2H3. The van der Waals surface area contributed by atoms with Gasteiger partial charge < -0.3 is 14.4 Å². The average Bonchev–Trinajstić information content (AvgIpc) is 2.63. The Morgan fingerprint density at radius 2 is 2.12 bits per heavy atom. The van der Waals surface area contributed by atoms with Gasteiger partial charge in [-0.2, -0.15) is 0 Å². The van der Waals surface area contributed by atoms with Crippen LogP contribution in [-0.2, 0) is 13.7 Å². The summed E-state index contributed by atoms with van der Waals surface area (Å²) in [5.41, 5.74) is 2.04. The van der Waals surface area contributed by atoms with E-state index in [-0.39, 0.29) is 6.61 Å². The van der Waals surface area contributed by atoms with Crippen LogP contribution >= 0.6 is 0 Å². The maximum absolute atomic E-state index is 9.18. The number of hydrogen-bond acceptors (Lipinski definition) is 2. The fraction of sp³-hybridized carbons (Fsp3) is 0.385. The van der Waals surface area contributed by atoms with Gasteiger partial charge in [-0.25, -0.2) is 0 Å². The zero-order valence-corrected chi connectivity index (χ0v) is 9.73. The number of nitrogens with zero attached hydrogens (tertiary/aromatic N) is 1. The molecule has 0 bridgehead atoms. The first-order valence-electron chi connectivity index (χ1n) is 5.58. The Hall–Kier alpha value is -1.48. The van der Waals surface area contributed by atoms with E-state index >= 15 is 0 Å². The van der Waals surface area contributed by atoms with Crippen LogP contribution in [0.2, 0.25) is 0 Å². The van der Waals surface area contributed by atoms with E-state index in [4.69, 9.17) is 4.74 Å². The van der Waals surface area contributed by atoms with Crippen molar-refractivity contribution in [2.45, 2.75) is 20.0 Å². The summed E-state index contributed by atoms with van der Waals surface area (Å²) in [6, 6.07) is 8.01. The van der Waals surface area contributed by atoms with Gasteiger partial charge in [-0.15, -0.1) is 0 Å². The second-order valence-electron chi connectivity index (χ2n) is 3.92. The first-order valence-corrected chi connectivity index (χ1v) is 5.58. The van der Waals surface area contributed by atoms with Gasteiger partial charge in [0.1, 0.15) is 5.75 Å². The van der Waals surface area contributed by atoms with Gasteiger partial charge in [0.15, 0.2) is 0 Å². The molecule has 0 fully saturated rings. The van der Waals surface area contributed by atoms with Crippen LogP contribution in [0, 0.1) is 0 Å². The fourth-order valence-corrected chi connectivity index (χ4v) is 1.85. The van der Waals surface area contributed by atoms with E-state index in [2.05, 4.69) is 6.92 Å². The topological polar surface area (TPSA) is 34.4 Å². The normalized spacial score (nSPS) is 10.9. The molecule has 0 atom stereocenters. The van der Waals surface area contributed by atoms with Gasteiger partial charge in [0.05, 0.1) is 13.2 Å². The molecule has 16 heavy (non-hydrogen) atoms. The molecule has 0 unspecified atom stereocenters. The van der Waals surface area contributed by atoms with E-state index in [0.29, 0.717) is 0 Å². The summed E-state index contributed by atoms with van der Waals surface area (Å²) < 4.78 is 7.57. The Morgan fingerprint density at radius 1 is 1.31 bits per heavy atom. The molecule has 1 aromatic heterocycles. The Bertz CT molecular complexity index is 488. The summed E-state index contributed by atoms with van der Waals surface area (Å²) in [5.74, 6) is 0.893. The van der Waals surface area contributed by atoms with Crippen LogP contribution < -0.4 is 4.74 Å². The average molecular weight is 219 g/mol. The molecule has 0 aliphatic carbocycles. The van der Waals surface area contributed by atoms with Crippen molar-refractivity contribution >= 4 is 10.9 Å². The highest BCUT2D eigenvalue weighted by atomic mass is 16.5. The van der Waals surface area contributed by atoms with E-state index in [1.54, 1.807) is 0 Å². The molecule has 86 valence electrons. The molecule has 2 aromatic rings. The van der Waals surface area contributed by atoms with Gasteiger partial charge in [-0.05, 0) is 30.7 Å². The van der Waals surface area contributed by atoms with Crippen LogP contribution in [-0.4, -0.2) is 16.3 Å². The van der Waals surface area contributed by atoms with Crippen molar-refractivity contribution in [3.05, 3.63) is 30.0 Å². The maximum atomic E-state index is 9.18. The van der Waals surface area contributed by atoms with E-state index in [1.807, 2.05) is 35.9 Å². The molecular formula is C13H17NO2. The second-order valence-corrected chi connectivity index (χ2v) is 3.92. The van der Waals surface area contributed by atoms with Crippen molar-refractivity contribution in [1.29, 1.82) is 0 Å². The molecule has 0 amide bonds. The van der Waals surface area contributed by atoms with Crippen LogP contribution in [0.15, 0.2) is 24.3 Å². The van der Waals surface area contributed by atoms with Crippen molar-refractivity contribution in [2.24, 2.45) is 7.05 Å². The predicted octanol–water partition coefficient (Wildman–Crippen LogP) is 2.46. The molecular weight excluding hydrogens is 202 g/mol. The van der Waals surface area contributed by atoms with Crippen molar-refractivity contribution in [2.75, 3.05) is 6.61 Å². The number of fused-ring (bicyclic) bond motifs is 1.